The van der Waals surface area contributed by atoms with E-state index in [0.717, 1.165) is 6.07 Å². The van der Waals surface area contributed by atoms with Gasteiger partial charge in [-0.1, -0.05) is 34.8 Å². The summed E-state index contributed by atoms with van der Waals surface area (Å²) < 4.78 is 13.9. The first-order chi connectivity index (χ1) is 12.4. The zero-order chi connectivity index (χ0) is 18.8. The first kappa shape index (κ1) is 18.9. The van der Waals surface area contributed by atoms with Crippen LogP contribution in [0.2, 0.25) is 15.2 Å². The minimum atomic E-state index is -0.632. The van der Waals surface area contributed by atoms with Gasteiger partial charge in [0.2, 0.25) is 0 Å². The van der Waals surface area contributed by atoms with Gasteiger partial charge < -0.3 is 9.80 Å². The maximum Gasteiger partial charge on any atom is 0.274 e. The molecule has 0 unspecified atom stereocenters. The summed E-state index contributed by atoms with van der Waals surface area (Å²) in [5.41, 5.74) is -0.0170. The van der Waals surface area contributed by atoms with Crippen molar-refractivity contribution in [2.45, 2.75) is 0 Å². The van der Waals surface area contributed by atoms with Crippen molar-refractivity contribution in [3.8, 4) is 0 Å². The average molecular weight is 417 g/mol. The number of nitrogens with zero attached hydrogens (tertiary/aromatic N) is 3. The lowest BCUT2D eigenvalue weighted by Crippen LogP contribution is -2.51. The van der Waals surface area contributed by atoms with Crippen LogP contribution in [0.3, 0.4) is 0 Å². The van der Waals surface area contributed by atoms with Gasteiger partial charge in [0, 0.05) is 31.2 Å². The fraction of sp³-hybridized carbons (Fsp3) is 0.235. The lowest BCUT2D eigenvalue weighted by atomic mass is 10.1. The van der Waals surface area contributed by atoms with Gasteiger partial charge in [-0.3, -0.25) is 9.59 Å². The Labute approximate surface area is 164 Å². The number of hydrogen-bond donors (Lipinski definition) is 0. The van der Waals surface area contributed by atoms with E-state index in [1.807, 2.05) is 0 Å². The maximum atomic E-state index is 13.9. The fourth-order valence-electron chi connectivity index (χ4n) is 2.66. The maximum absolute atomic E-state index is 13.9. The molecule has 2 aromatic rings. The van der Waals surface area contributed by atoms with Crippen LogP contribution in [0.25, 0.3) is 0 Å². The minimum absolute atomic E-state index is 0.0693. The molecule has 136 valence electrons. The number of piperazine rings is 1. The first-order valence-electron chi connectivity index (χ1n) is 7.72. The zero-order valence-corrected chi connectivity index (χ0v) is 15.7. The number of pyridine rings is 1. The second kappa shape index (κ2) is 7.78. The van der Waals surface area contributed by atoms with E-state index >= 15 is 0 Å². The molecule has 1 fully saturated rings. The van der Waals surface area contributed by atoms with Gasteiger partial charge in [0.1, 0.15) is 16.7 Å². The van der Waals surface area contributed by atoms with Crippen LogP contribution in [-0.4, -0.2) is 52.8 Å². The van der Waals surface area contributed by atoms with E-state index in [9.17, 15) is 14.0 Å². The van der Waals surface area contributed by atoms with Gasteiger partial charge in [0.25, 0.3) is 11.8 Å². The SMILES string of the molecule is O=C(c1cc(Cl)ccc1F)N1CCN(C(=O)c2nc(Cl)ccc2Cl)CC1. The Hall–Kier alpha value is -1.89. The van der Waals surface area contributed by atoms with Crippen molar-refractivity contribution < 1.29 is 14.0 Å². The number of carbonyl (C=O) groups excluding carboxylic acids is 2. The van der Waals surface area contributed by atoms with Crippen LogP contribution < -0.4 is 0 Å². The quantitative estimate of drug-likeness (QED) is 0.700. The Morgan fingerprint density at radius 1 is 0.923 bits per heavy atom. The molecule has 1 aliphatic rings. The summed E-state index contributed by atoms with van der Waals surface area (Å²) in [6, 6.07) is 6.84. The van der Waals surface area contributed by atoms with Crippen LogP contribution in [0.4, 0.5) is 4.39 Å². The third-order valence-corrected chi connectivity index (χ3v) is 4.78. The first-order valence-corrected chi connectivity index (χ1v) is 8.86. The van der Waals surface area contributed by atoms with Crippen molar-refractivity contribution in [3.63, 3.8) is 0 Å². The van der Waals surface area contributed by atoms with Gasteiger partial charge in [-0.15, -0.1) is 0 Å². The monoisotopic (exact) mass is 415 g/mol. The van der Waals surface area contributed by atoms with Crippen molar-refractivity contribution in [1.29, 1.82) is 0 Å². The predicted molar refractivity (Wildman–Crippen MR) is 97.5 cm³/mol. The second-order valence-corrected chi connectivity index (χ2v) is 6.90. The summed E-state index contributed by atoms with van der Waals surface area (Å²) in [7, 11) is 0. The topological polar surface area (TPSA) is 53.5 Å². The summed E-state index contributed by atoms with van der Waals surface area (Å²) in [4.78, 5) is 32.0. The highest BCUT2D eigenvalue weighted by molar-refractivity contribution is 6.34. The number of rotatable bonds is 2. The Kier molecular flexibility index (Phi) is 5.65. The summed E-state index contributed by atoms with van der Waals surface area (Å²) >= 11 is 17.7. The van der Waals surface area contributed by atoms with Gasteiger partial charge in [-0.05, 0) is 30.3 Å². The summed E-state index contributed by atoms with van der Waals surface area (Å²) in [6.07, 6.45) is 0. The number of amides is 2. The molecule has 0 radical (unpaired) electrons. The Morgan fingerprint density at radius 2 is 1.54 bits per heavy atom. The molecule has 26 heavy (non-hydrogen) atoms. The van der Waals surface area contributed by atoms with E-state index < -0.39 is 11.7 Å². The molecule has 0 bridgehead atoms. The van der Waals surface area contributed by atoms with Crippen molar-refractivity contribution in [3.05, 3.63) is 62.6 Å². The van der Waals surface area contributed by atoms with Gasteiger partial charge in [0.15, 0.2) is 0 Å². The summed E-state index contributed by atoms with van der Waals surface area (Å²) in [6.45, 7) is 1.07. The smallest absolute Gasteiger partial charge is 0.274 e. The van der Waals surface area contributed by atoms with E-state index in [1.165, 1.54) is 34.1 Å². The van der Waals surface area contributed by atoms with Gasteiger partial charge in [-0.2, -0.15) is 0 Å². The number of hydrogen-bond acceptors (Lipinski definition) is 3. The summed E-state index contributed by atoms with van der Waals surface area (Å²) in [5, 5.41) is 0.659. The second-order valence-electron chi connectivity index (χ2n) is 5.67. The van der Waals surface area contributed by atoms with Crippen molar-refractivity contribution >= 4 is 46.6 Å². The molecule has 2 heterocycles. The molecule has 0 atom stereocenters. The van der Waals surface area contributed by atoms with E-state index in [4.69, 9.17) is 34.8 Å². The minimum Gasteiger partial charge on any atom is -0.335 e. The lowest BCUT2D eigenvalue weighted by molar-refractivity contribution is 0.0530. The molecule has 0 saturated carbocycles. The van der Waals surface area contributed by atoms with Crippen LogP contribution in [0.1, 0.15) is 20.8 Å². The molecule has 5 nitrogen and oxygen atoms in total. The fourth-order valence-corrected chi connectivity index (χ4v) is 3.17. The van der Waals surface area contributed by atoms with Crippen molar-refractivity contribution in [1.82, 2.24) is 14.8 Å². The van der Waals surface area contributed by atoms with E-state index in [0.29, 0.717) is 0 Å². The number of aromatic nitrogens is 1. The predicted octanol–water partition coefficient (Wildman–Crippen LogP) is 3.78. The van der Waals surface area contributed by atoms with E-state index in [-0.39, 0.29) is 58.5 Å². The highest BCUT2D eigenvalue weighted by Gasteiger charge is 2.28. The molecule has 0 N–H and O–H groups in total. The van der Waals surface area contributed by atoms with Crippen LogP contribution in [0, 0.1) is 5.82 Å². The molecule has 1 aromatic heterocycles. The Bertz CT molecular complexity index is 799. The molecule has 0 aliphatic carbocycles. The van der Waals surface area contributed by atoms with E-state index in [2.05, 4.69) is 4.98 Å². The third kappa shape index (κ3) is 3.92. The summed E-state index contributed by atoms with van der Waals surface area (Å²) in [5.74, 6) is -1.46. The third-order valence-electron chi connectivity index (χ3n) is 4.03. The molecule has 0 spiro atoms. The van der Waals surface area contributed by atoms with Crippen molar-refractivity contribution in [2.24, 2.45) is 0 Å². The largest absolute Gasteiger partial charge is 0.335 e. The molecular formula is C17H13Cl3FN3O2. The standard InChI is InChI=1S/C17H13Cl3FN3O2/c18-10-1-3-13(21)11(9-10)16(25)23-5-7-24(8-6-23)17(26)15-12(19)2-4-14(20)22-15/h1-4,9H,5-8H2. The Balaban J connectivity index is 1.69. The van der Waals surface area contributed by atoms with Gasteiger partial charge in [0.05, 0.1) is 10.6 Å². The molecule has 9 heteroatoms. The van der Waals surface area contributed by atoms with Crippen LogP contribution >= 0.6 is 34.8 Å². The normalized spacial score (nSPS) is 14.5. The molecule has 1 saturated heterocycles. The molecule has 3 rings (SSSR count). The van der Waals surface area contributed by atoms with Gasteiger partial charge >= 0.3 is 0 Å². The number of halogens is 4. The van der Waals surface area contributed by atoms with Crippen LogP contribution in [-0.2, 0) is 0 Å². The Morgan fingerprint density at radius 3 is 2.19 bits per heavy atom. The van der Waals surface area contributed by atoms with Crippen molar-refractivity contribution in [2.75, 3.05) is 26.2 Å². The average Bonchev–Trinajstić information content (AvgIpc) is 2.64. The highest BCUT2D eigenvalue weighted by atomic mass is 35.5. The zero-order valence-electron chi connectivity index (χ0n) is 13.4. The highest BCUT2D eigenvalue weighted by Crippen LogP contribution is 2.21. The molecular weight excluding hydrogens is 404 g/mol. The van der Waals surface area contributed by atoms with Crippen LogP contribution in [0.15, 0.2) is 30.3 Å². The molecule has 1 aromatic carbocycles. The lowest BCUT2D eigenvalue weighted by Gasteiger charge is -2.34. The number of carbonyl (C=O) groups is 2. The van der Waals surface area contributed by atoms with Crippen LogP contribution in [0.5, 0.6) is 0 Å². The van der Waals surface area contributed by atoms with E-state index in [1.54, 1.807) is 0 Å². The molecule has 2 amide bonds. The molecule has 1 aliphatic heterocycles. The number of benzene rings is 1. The van der Waals surface area contributed by atoms with Gasteiger partial charge in [-0.25, -0.2) is 9.37 Å².